The van der Waals surface area contributed by atoms with E-state index in [1.807, 2.05) is 23.2 Å². The molecule has 4 rings (SSSR count). The van der Waals surface area contributed by atoms with E-state index in [1.54, 1.807) is 18.3 Å². The third-order valence-corrected chi connectivity index (χ3v) is 5.39. The second-order valence-corrected chi connectivity index (χ2v) is 7.17. The molecule has 0 N–H and O–H groups in total. The lowest BCUT2D eigenvalue weighted by Crippen LogP contribution is -2.58. The molecule has 2 atom stereocenters. The maximum absolute atomic E-state index is 12.7. The van der Waals surface area contributed by atoms with E-state index in [2.05, 4.69) is 4.98 Å². The highest BCUT2D eigenvalue weighted by Crippen LogP contribution is 2.41. The molecule has 2 aromatic heterocycles. The Labute approximate surface area is 153 Å². The summed E-state index contributed by atoms with van der Waals surface area (Å²) in [7, 11) is 0. The number of likely N-dealkylation sites (tertiary alicyclic amines) is 1. The van der Waals surface area contributed by atoms with E-state index in [4.69, 9.17) is 13.9 Å². The molecule has 1 amide bonds. The third-order valence-electron chi connectivity index (χ3n) is 5.39. The molecule has 138 valence electrons. The van der Waals surface area contributed by atoms with Crippen LogP contribution in [0.3, 0.4) is 0 Å². The Morgan fingerprint density at radius 1 is 1.38 bits per heavy atom. The van der Waals surface area contributed by atoms with Crippen molar-refractivity contribution in [3.8, 4) is 0 Å². The number of ether oxygens (including phenoxy) is 2. The van der Waals surface area contributed by atoms with Gasteiger partial charge in [0.1, 0.15) is 0 Å². The van der Waals surface area contributed by atoms with Crippen molar-refractivity contribution in [2.75, 3.05) is 26.3 Å². The number of fused-ring (bicyclic) bond motifs is 1. The number of carbonyl (C=O) groups excluding carboxylic acids is 1. The van der Waals surface area contributed by atoms with E-state index in [0.717, 1.165) is 31.4 Å². The van der Waals surface area contributed by atoms with Crippen molar-refractivity contribution in [1.82, 2.24) is 9.88 Å². The van der Waals surface area contributed by atoms with Crippen molar-refractivity contribution in [3.63, 3.8) is 0 Å². The molecule has 6 heteroatoms. The molecular weight excluding hydrogens is 332 g/mol. The van der Waals surface area contributed by atoms with Crippen molar-refractivity contribution < 1.29 is 18.7 Å². The van der Waals surface area contributed by atoms with Gasteiger partial charge in [-0.3, -0.25) is 9.78 Å². The van der Waals surface area contributed by atoms with E-state index in [1.165, 1.54) is 6.26 Å². The first kappa shape index (κ1) is 17.2. The van der Waals surface area contributed by atoms with Gasteiger partial charge in [-0.05, 0) is 43.0 Å². The van der Waals surface area contributed by atoms with Gasteiger partial charge in [-0.1, -0.05) is 6.07 Å². The van der Waals surface area contributed by atoms with Gasteiger partial charge in [-0.2, -0.15) is 0 Å². The number of aromatic nitrogens is 1. The largest absolute Gasteiger partial charge is 0.459 e. The van der Waals surface area contributed by atoms with Gasteiger partial charge in [0.15, 0.2) is 5.76 Å². The molecule has 2 aliphatic rings. The predicted octanol–water partition coefficient (Wildman–Crippen LogP) is 2.90. The van der Waals surface area contributed by atoms with Gasteiger partial charge in [-0.25, -0.2) is 0 Å². The van der Waals surface area contributed by atoms with Gasteiger partial charge in [-0.15, -0.1) is 0 Å². The summed E-state index contributed by atoms with van der Waals surface area (Å²) in [6.07, 6.45) is 8.10. The van der Waals surface area contributed by atoms with Crippen LogP contribution in [0.15, 0.2) is 47.3 Å². The number of furan rings is 1. The molecule has 0 spiro atoms. The molecule has 0 aliphatic carbocycles. The minimum absolute atomic E-state index is 0.0503. The van der Waals surface area contributed by atoms with Gasteiger partial charge in [0.25, 0.3) is 5.91 Å². The summed E-state index contributed by atoms with van der Waals surface area (Å²) < 4.78 is 17.4. The fourth-order valence-corrected chi connectivity index (χ4v) is 4.09. The quantitative estimate of drug-likeness (QED) is 0.824. The average Bonchev–Trinajstić information content (AvgIpc) is 3.22. The van der Waals surface area contributed by atoms with Crippen LogP contribution in [-0.2, 0) is 16.1 Å². The molecule has 2 fully saturated rings. The zero-order chi connectivity index (χ0) is 17.8. The Morgan fingerprint density at radius 2 is 2.35 bits per heavy atom. The van der Waals surface area contributed by atoms with Gasteiger partial charge < -0.3 is 18.8 Å². The van der Waals surface area contributed by atoms with Crippen molar-refractivity contribution >= 4 is 5.91 Å². The zero-order valence-corrected chi connectivity index (χ0v) is 14.8. The lowest BCUT2D eigenvalue weighted by Gasteiger charge is -2.50. The number of pyridine rings is 1. The summed E-state index contributed by atoms with van der Waals surface area (Å²) in [6, 6.07) is 7.38. The Kier molecular flexibility index (Phi) is 5.04. The molecule has 0 aromatic carbocycles. The molecular formula is C20H24N2O4. The fourth-order valence-electron chi connectivity index (χ4n) is 4.09. The van der Waals surface area contributed by atoms with E-state index < -0.39 is 0 Å². The first-order chi connectivity index (χ1) is 12.8. The van der Waals surface area contributed by atoms with Crippen LogP contribution in [0.1, 0.15) is 35.4 Å². The highest BCUT2D eigenvalue weighted by atomic mass is 16.5. The highest BCUT2D eigenvalue weighted by molar-refractivity contribution is 5.91. The van der Waals surface area contributed by atoms with Crippen molar-refractivity contribution in [1.29, 1.82) is 0 Å². The minimum Gasteiger partial charge on any atom is -0.459 e. The molecule has 2 aliphatic heterocycles. The fraction of sp³-hybridized carbons (Fsp3) is 0.500. The lowest BCUT2D eigenvalue weighted by molar-refractivity contribution is -0.149. The van der Waals surface area contributed by atoms with Crippen LogP contribution in [0.4, 0.5) is 0 Å². The molecule has 0 bridgehead atoms. The number of rotatable bonds is 5. The second-order valence-electron chi connectivity index (χ2n) is 7.17. The number of nitrogens with zero attached hydrogens (tertiary/aromatic N) is 2. The van der Waals surface area contributed by atoms with Gasteiger partial charge in [0, 0.05) is 37.5 Å². The van der Waals surface area contributed by atoms with Gasteiger partial charge in [0.2, 0.25) is 0 Å². The average molecular weight is 356 g/mol. The standard InChI is InChI=1S/C20H24N2O4/c23-19(17-5-2-10-25-17)22-9-6-18-20(14-22,7-3-11-26-18)15-24-13-16-4-1-8-21-12-16/h1-2,4-5,8,10,12,18H,3,6-7,9,11,13-15H2/t18-,20-/m1/s1. The van der Waals surface area contributed by atoms with Gasteiger partial charge >= 0.3 is 0 Å². The van der Waals surface area contributed by atoms with Crippen LogP contribution in [0.25, 0.3) is 0 Å². The van der Waals surface area contributed by atoms with Crippen molar-refractivity contribution in [3.05, 3.63) is 54.2 Å². The van der Waals surface area contributed by atoms with Crippen LogP contribution < -0.4 is 0 Å². The number of piperidine rings is 1. The summed E-state index contributed by atoms with van der Waals surface area (Å²) in [5.41, 5.74) is 0.900. The lowest BCUT2D eigenvalue weighted by atomic mass is 9.73. The molecule has 0 radical (unpaired) electrons. The maximum Gasteiger partial charge on any atom is 0.289 e. The number of amides is 1. The summed E-state index contributed by atoms with van der Waals surface area (Å²) >= 11 is 0. The van der Waals surface area contributed by atoms with E-state index in [-0.39, 0.29) is 17.4 Å². The minimum atomic E-state index is -0.152. The summed E-state index contributed by atoms with van der Waals surface area (Å²) in [6.45, 7) is 3.23. The first-order valence-corrected chi connectivity index (χ1v) is 9.18. The number of hydrogen-bond acceptors (Lipinski definition) is 5. The topological polar surface area (TPSA) is 64.8 Å². The molecule has 2 saturated heterocycles. The maximum atomic E-state index is 12.7. The van der Waals surface area contributed by atoms with Gasteiger partial charge in [0.05, 0.1) is 25.6 Å². The molecule has 26 heavy (non-hydrogen) atoms. The van der Waals surface area contributed by atoms with Crippen LogP contribution in [0.2, 0.25) is 0 Å². The van der Waals surface area contributed by atoms with E-state index >= 15 is 0 Å². The Balaban J connectivity index is 1.45. The molecule has 6 nitrogen and oxygen atoms in total. The molecule has 2 aromatic rings. The monoisotopic (exact) mass is 356 g/mol. The summed E-state index contributed by atoms with van der Waals surface area (Å²) in [5.74, 6) is 0.345. The normalized spacial score (nSPS) is 25.7. The zero-order valence-electron chi connectivity index (χ0n) is 14.8. The SMILES string of the molecule is O=C(c1ccco1)N1CC[C@H]2OCCC[C@]2(COCc2cccnc2)C1. The summed E-state index contributed by atoms with van der Waals surface area (Å²) in [4.78, 5) is 18.7. The predicted molar refractivity (Wildman–Crippen MR) is 94.5 cm³/mol. The molecule has 4 heterocycles. The van der Waals surface area contributed by atoms with Crippen molar-refractivity contribution in [2.24, 2.45) is 5.41 Å². The molecule has 0 unspecified atom stereocenters. The number of carbonyl (C=O) groups is 1. The van der Waals surface area contributed by atoms with E-state index in [9.17, 15) is 4.79 Å². The number of hydrogen-bond donors (Lipinski definition) is 0. The van der Waals surface area contributed by atoms with Crippen LogP contribution >= 0.6 is 0 Å². The van der Waals surface area contributed by atoms with Crippen LogP contribution in [-0.4, -0.2) is 48.2 Å². The third kappa shape index (κ3) is 3.52. The highest BCUT2D eigenvalue weighted by Gasteiger charge is 2.47. The Hall–Kier alpha value is -2.18. The summed E-state index contributed by atoms with van der Waals surface area (Å²) in [5, 5.41) is 0. The van der Waals surface area contributed by atoms with E-state index in [0.29, 0.717) is 32.1 Å². The van der Waals surface area contributed by atoms with Crippen LogP contribution in [0.5, 0.6) is 0 Å². The van der Waals surface area contributed by atoms with Crippen molar-refractivity contribution in [2.45, 2.75) is 32.0 Å². The second kappa shape index (κ2) is 7.60. The first-order valence-electron chi connectivity index (χ1n) is 9.18. The smallest absolute Gasteiger partial charge is 0.289 e. The Morgan fingerprint density at radius 3 is 3.15 bits per heavy atom. The Bertz CT molecular complexity index is 719. The van der Waals surface area contributed by atoms with Crippen LogP contribution in [0, 0.1) is 5.41 Å². The molecule has 0 saturated carbocycles.